The van der Waals surface area contributed by atoms with Crippen molar-refractivity contribution in [3.05, 3.63) is 0 Å². The minimum absolute atomic E-state index is 0.248. The zero-order valence-corrected chi connectivity index (χ0v) is 22.8. The Hall–Kier alpha value is -1.63. The molecule has 5 unspecified atom stereocenters. The first-order valence-electron chi connectivity index (χ1n) is 12.9. The van der Waals surface area contributed by atoms with Gasteiger partial charge in [0.2, 0.25) is 0 Å². The third-order valence-corrected chi connectivity index (χ3v) is 7.70. The molecular weight excluding hydrogens is 436 g/mol. The fraction of sp³-hybridized carbons (Fsp3) is 0.889. The Bertz CT molecular complexity index is 652. The average molecular weight is 487 g/mol. The smallest absolute Gasteiger partial charge is 0.337 e. The van der Waals surface area contributed by atoms with Crippen molar-refractivity contribution in [1.82, 2.24) is 0 Å². The lowest BCUT2D eigenvalue weighted by molar-refractivity contribution is -0.225. The van der Waals surface area contributed by atoms with E-state index >= 15 is 0 Å². The molecule has 0 saturated carbocycles. The highest BCUT2D eigenvalue weighted by Crippen LogP contribution is 2.54. The van der Waals surface area contributed by atoms with Crippen LogP contribution < -0.4 is 0 Å². The fourth-order valence-corrected chi connectivity index (χ4v) is 5.61. The molecule has 0 heterocycles. The predicted octanol–water partition coefficient (Wildman–Crippen LogP) is 5.79. The van der Waals surface area contributed by atoms with Crippen LogP contribution in [0.2, 0.25) is 0 Å². The van der Waals surface area contributed by atoms with Crippen molar-refractivity contribution < 1.29 is 34.8 Å². The molecule has 4 N–H and O–H groups in total. The Kier molecular flexibility index (Phi) is 12.8. The van der Waals surface area contributed by atoms with Crippen LogP contribution in [-0.2, 0) is 14.4 Å². The molecule has 0 radical (unpaired) electrons. The molecule has 0 fully saturated rings. The second-order valence-corrected chi connectivity index (χ2v) is 11.8. The zero-order valence-electron chi connectivity index (χ0n) is 22.8. The maximum atomic E-state index is 13.1. The summed E-state index contributed by atoms with van der Waals surface area (Å²) in [6.45, 7) is 16.9. The van der Waals surface area contributed by atoms with E-state index in [-0.39, 0.29) is 17.8 Å². The Morgan fingerprint density at radius 2 is 0.941 bits per heavy atom. The van der Waals surface area contributed by atoms with E-state index in [1.165, 1.54) is 0 Å². The first kappa shape index (κ1) is 32.4. The number of rotatable bonds is 17. The summed E-state index contributed by atoms with van der Waals surface area (Å²) in [6.07, 6.45) is 3.05. The molecule has 0 aromatic carbocycles. The van der Waals surface area contributed by atoms with Crippen molar-refractivity contribution in [3.8, 4) is 0 Å². The molecule has 5 atom stereocenters. The second kappa shape index (κ2) is 13.5. The number of aliphatic hydroxyl groups is 1. The fourth-order valence-electron chi connectivity index (χ4n) is 5.61. The summed E-state index contributed by atoms with van der Waals surface area (Å²) in [5.41, 5.74) is -5.15. The Labute approximate surface area is 206 Å². The molecule has 0 aliphatic heterocycles. The largest absolute Gasteiger partial charge is 0.481 e. The molecule has 0 amide bonds. The van der Waals surface area contributed by atoms with E-state index in [2.05, 4.69) is 0 Å². The normalized spacial score (nSPS) is 19.3. The van der Waals surface area contributed by atoms with E-state index in [0.29, 0.717) is 38.5 Å². The van der Waals surface area contributed by atoms with Crippen molar-refractivity contribution in [3.63, 3.8) is 0 Å². The number of aliphatic carboxylic acids is 3. The van der Waals surface area contributed by atoms with Crippen LogP contribution in [0.1, 0.15) is 101 Å². The second-order valence-electron chi connectivity index (χ2n) is 11.8. The van der Waals surface area contributed by atoms with Gasteiger partial charge >= 0.3 is 17.9 Å². The molecule has 0 saturated heterocycles. The molecule has 200 valence electrons. The van der Waals surface area contributed by atoms with Gasteiger partial charge in [0.15, 0.2) is 5.60 Å². The molecule has 0 rings (SSSR count). The summed E-state index contributed by atoms with van der Waals surface area (Å²) in [4.78, 5) is 38.6. The number of hydrogen-bond acceptors (Lipinski definition) is 4. The molecule has 0 aliphatic rings. The van der Waals surface area contributed by atoms with E-state index in [4.69, 9.17) is 0 Å². The lowest BCUT2D eigenvalue weighted by Crippen LogP contribution is -2.69. The first-order valence-corrected chi connectivity index (χ1v) is 12.9. The van der Waals surface area contributed by atoms with Gasteiger partial charge < -0.3 is 20.4 Å². The summed E-state index contributed by atoms with van der Waals surface area (Å²) in [5.74, 6) is -7.93. The van der Waals surface area contributed by atoms with Crippen molar-refractivity contribution in [2.24, 2.45) is 46.8 Å². The van der Waals surface area contributed by atoms with E-state index in [1.54, 1.807) is 20.8 Å². The lowest BCUT2D eigenvalue weighted by Gasteiger charge is -2.52. The zero-order chi connectivity index (χ0) is 27.0. The van der Waals surface area contributed by atoms with E-state index in [1.807, 2.05) is 41.5 Å². The van der Waals surface area contributed by atoms with Crippen LogP contribution >= 0.6 is 0 Å². The molecule has 0 aromatic rings. The van der Waals surface area contributed by atoms with Crippen LogP contribution in [0.15, 0.2) is 0 Å². The molecule has 0 aromatic heterocycles. The van der Waals surface area contributed by atoms with Gasteiger partial charge in [-0.25, -0.2) is 4.79 Å². The average Bonchev–Trinajstić information content (AvgIpc) is 2.68. The SMILES string of the molecule is CC(C)CCC(C)C(C(=O)O)C(O)(C(=O)O)C(C(=O)O)(C(C)CCC(C)C)C(C)CCC(C)C. The van der Waals surface area contributed by atoms with E-state index in [9.17, 15) is 34.8 Å². The number of carbonyl (C=O) groups is 3. The minimum atomic E-state index is -2.98. The van der Waals surface area contributed by atoms with Crippen LogP contribution in [0, 0.1) is 46.8 Å². The predicted molar refractivity (Wildman–Crippen MR) is 133 cm³/mol. The van der Waals surface area contributed by atoms with Gasteiger partial charge in [-0.2, -0.15) is 0 Å². The van der Waals surface area contributed by atoms with Crippen molar-refractivity contribution in [1.29, 1.82) is 0 Å². The van der Waals surface area contributed by atoms with Gasteiger partial charge in [0.25, 0.3) is 0 Å². The number of carboxylic acid groups (broad SMARTS) is 3. The maximum Gasteiger partial charge on any atom is 0.337 e. The molecule has 7 heteroatoms. The summed E-state index contributed by atoms with van der Waals surface area (Å²) < 4.78 is 0. The highest BCUT2D eigenvalue weighted by atomic mass is 16.4. The van der Waals surface area contributed by atoms with Gasteiger partial charge in [-0.1, -0.05) is 81.6 Å². The van der Waals surface area contributed by atoms with Crippen LogP contribution in [0.5, 0.6) is 0 Å². The summed E-state index contributed by atoms with van der Waals surface area (Å²) in [7, 11) is 0. The van der Waals surface area contributed by atoms with Crippen molar-refractivity contribution >= 4 is 17.9 Å². The number of hydrogen-bond donors (Lipinski definition) is 4. The van der Waals surface area contributed by atoms with Crippen LogP contribution in [0.4, 0.5) is 0 Å². The first-order chi connectivity index (χ1) is 15.5. The lowest BCUT2D eigenvalue weighted by atomic mass is 9.51. The van der Waals surface area contributed by atoms with Crippen molar-refractivity contribution in [2.45, 2.75) is 106 Å². The van der Waals surface area contributed by atoms with E-state index in [0.717, 1.165) is 0 Å². The highest BCUT2D eigenvalue weighted by Gasteiger charge is 2.70. The van der Waals surface area contributed by atoms with Crippen molar-refractivity contribution in [2.75, 3.05) is 0 Å². The minimum Gasteiger partial charge on any atom is -0.481 e. The van der Waals surface area contributed by atoms with Gasteiger partial charge in [-0.15, -0.1) is 0 Å². The highest BCUT2D eigenvalue weighted by molar-refractivity contribution is 5.94. The monoisotopic (exact) mass is 486 g/mol. The van der Waals surface area contributed by atoms with Crippen LogP contribution in [0.3, 0.4) is 0 Å². The summed E-state index contributed by atoms with van der Waals surface area (Å²) in [5, 5.41) is 43.4. The maximum absolute atomic E-state index is 13.1. The van der Waals surface area contributed by atoms with Gasteiger partial charge in [-0.3, -0.25) is 9.59 Å². The van der Waals surface area contributed by atoms with Gasteiger partial charge in [0.05, 0.1) is 5.92 Å². The third-order valence-electron chi connectivity index (χ3n) is 7.70. The van der Waals surface area contributed by atoms with Crippen LogP contribution in [0.25, 0.3) is 0 Å². The van der Waals surface area contributed by atoms with Gasteiger partial charge in [0.1, 0.15) is 5.41 Å². The molecule has 7 nitrogen and oxygen atoms in total. The molecule has 0 spiro atoms. The molecule has 0 aliphatic carbocycles. The Balaban J connectivity index is 7.10. The Morgan fingerprint density at radius 1 is 0.588 bits per heavy atom. The van der Waals surface area contributed by atoms with Gasteiger partial charge in [0, 0.05) is 0 Å². The summed E-state index contributed by atoms with van der Waals surface area (Å²) in [6, 6.07) is 0. The quantitative estimate of drug-likeness (QED) is 0.204. The standard InChI is InChI=1S/C27H50O7/c1-16(2)10-13-19(7)22(23(28)29)27(34,25(32)33)26(24(30)31,20(8)14-11-17(3)4)21(9)15-12-18(5)6/h16-22,34H,10-15H2,1-9H3,(H,28,29)(H,30,31)(H,32,33). The molecular formula is C27H50O7. The summed E-state index contributed by atoms with van der Waals surface area (Å²) >= 11 is 0. The van der Waals surface area contributed by atoms with Crippen LogP contribution in [-0.4, -0.2) is 43.9 Å². The van der Waals surface area contributed by atoms with E-state index < -0.39 is 52.6 Å². The third kappa shape index (κ3) is 7.19. The molecule has 34 heavy (non-hydrogen) atoms. The molecule has 0 bridgehead atoms. The number of carboxylic acids is 3. The topological polar surface area (TPSA) is 132 Å². The van der Waals surface area contributed by atoms with Gasteiger partial charge in [-0.05, 0) is 54.8 Å². The Morgan fingerprint density at radius 3 is 1.21 bits per heavy atom.